The van der Waals surface area contributed by atoms with E-state index in [1.165, 1.54) is 0 Å². The summed E-state index contributed by atoms with van der Waals surface area (Å²) in [5, 5.41) is 5.48. The maximum Gasteiger partial charge on any atom is 0.255 e. The molecule has 0 saturated carbocycles. The molecule has 2 N–H and O–H groups in total. The lowest BCUT2D eigenvalue weighted by Gasteiger charge is -2.29. The molecule has 0 spiro atoms. The quantitative estimate of drug-likeness (QED) is 0.164. The third kappa shape index (κ3) is 7.21. The maximum absolute atomic E-state index is 12.9. The fraction of sp³-hybridized carbons (Fsp3) is 0.571. The minimum Gasteiger partial charge on any atom is -0.353 e. The van der Waals surface area contributed by atoms with Crippen molar-refractivity contribution in [1.82, 2.24) is 15.5 Å². The van der Waals surface area contributed by atoms with Crippen molar-refractivity contribution in [3.8, 4) is 0 Å². The van der Waals surface area contributed by atoms with Crippen LogP contribution in [0, 0.1) is 5.92 Å². The highest BCUT2D eigenvalue weighted by atomic mass is 32.2. The van der Waals surface area contributed by atoms with Gasteiger partial charge in [0.15, 0.2) is 0 Å². The van der Waals surface area contributed by atoms with Gasteiger partial charge in [-0.05, 0) is 62.0 Å². The zero-order valence-electron chi connectivity index (χ0n) is 21.5. The molecule has 3 rings (SSSR count). The first-order valence-electron chi connectivity index (χ1n) is 13.1. The van der Waals surface area contributed by atoms with Gasteiger partial charge < -0.3 is 10.2 Å². The summed E-state index contributed by atoms with van der Waals surface area (Å²) in [5.74, 6) is 0.710. The number of unbranched alkanes of at least 4 members (excludes halogenated alkanes) is 3. The first-order chi connectivity index (χ1) is 17.3. The normalized spacial score (nSPS) is 19.0. The molecule has 8 heteroatoms. The largest absolute Gasteiger partial charge is 0.353 e. The third-order valence-corrected chi connectivity index (χ3v) is 8.37. The van der Waals surface area contributed by atoms with Crippen LogP contribution >= 0.6 is 11.8 Å². The Balaban J connectivity index is 1.38. The Morgan fingerprint density at radius 1 is 1.25 bits per heavy atom. The summed E-state index contributed by atoms with van der Waals surface area (Å²) in [6, 6.07) is 5.33. The van der Waals surface area contributed by atoms with E-state index in [1.807, 2.05) is 24.3 Å². The number of allylic oxidation sites excluding steroid dienone is 1. The third-order valence-electron chi connectivity index (χ3n) is 7.18. The van der Waals surface area contributed by atoms with Crippen molar-refractivity contribution in [2.24, 2.45) is 5.92 Å². The van der Waals surface area contributed by atoms with Gasteiger partial charge in [-0.15, -0.1) is 18.3 Å². The minimum absolute atomic E-state index is 0.129. The number of carbonyl (C=O) groups excluding carboxylic acids is 4. The predicted octanol–water partition coefficient (Wildman–Crippen LogP) is 4.60. The molecule has 0 radical (unpaired) electrons. The number of imide groups is 1. The molecule has 1 saturated heterocycles. The Labute approximate surface area is 218 Å². The average Bonchev–Trinajstić information content (AvgIpc) is 3.18. The number of amides is 4. The molecular weight excluding hydrogens is 474 g/mol. The Morgan fingerprint density at radius 3 is 2.75 bits per heavy atom. The molecule has 0 aromatic heterocycles. The molecular formula is C28H39N3O4S. The Kier molecular flexibility index (Phi) is 10.6. The predicted molar refractivity (Wildman–Crippen MR) is 142 cm³/mol. The molecule has 2 aliphatic rings. The number of rotatable bonds is 14. The van der Waals surface area contributed by atoms with Gasteiger partial charge in [0.25, 0.3) is 5.91 Å². The van der Waals surface area contributed by atoms with Gasteiger partial charge in [-0.2, -0.15) is 0 Å². The summed E-state index contributed by atoms with van der Waals surface area (Å²) in [5.41, 5.74) is 1.63. The molecule has 0 bridgehead atoms. The molecule has 4 amide bonds. The number of thioether (sulfide) groups is 1. The van der Waals surface area contributed by atoms with Crippen LogP contribution in [0.1, 0.15) is 87.6 Å². The van der Waals surface area contributed by atoms with Gasteiger partial charge in [0.1, 0.15) is 6.04 Å². The van der Waals surface area contributed by atoms with E-state index in [0.29, 0.717) is 30.9 Å². The number of nitrogens with zero attached hydrogens (tertiary/aromatic N) is 1. The fourth-order valence-electron chi connectivity index (χ4n) is 5.00. The van der Waals surface area contributed by atoms with Crippen molar-refractivity contribution in [2.75, 3.05) is 5.75 Å². The lowest BCUT2D eigenvalue weighted by atomic mass is 9.94. The van der Waals surface area contributed by atoms with Gasteiger partial charge in [-0.1, -0.05) is 38.3 Å². The van der Waals surface area contributed by atoms with Crippen LogP contribution in [0.4, 0.5) is 0 Å². The van der Waals surface area contributed by atoms with Crippen molar-refractivity contribution in [1.29, 1.82) is 0 Å². The van der Waals surface area contributed by atoms with Crippen molar-refractivity contribution in [3.05, 3.63) is 42.0 Å². The van der Waals surface area contributed by atoms with Gasteiger partial charge >= 0.3 is 0 Å². The average molecular weight is 514 g/mol. The minimum atomic E-state index is -0.588. The summed E-state index contributed by atoms with van der Waals surface area (Å²) in [6.07, 6.45) is 9.05. The van der Waals surface area contributed by atoms with E-state index in [1.54, 1.807) is 16.7 Å². The first-order valence-corrected chi connectivity index (χ1v) is 14.1. The van der Waals surface area contributed by atoms with E-state index >= 15 is 0 Å². The Morgan fingerprint density at radius 2 is 2.03 bits per heavy atom. The van der Waals surface area contributed by atoms with Crippen LogP contribution < -0.4 is 10.6 Å². The second-order valence-electron chi connectivity index (χ2n) is 9.74. The highest BCUT2D eigenvalue weighted by Gasteiger charge is 2.39. The van der Waals surface area contributed by atoms with Gasteiger partial charge in [0, 0.05) is 35.9 Å². The Bertz CT molecular complexity index is 980. The summed E-state index contributed by atoms with van der Waals surface area (Å²) in [6.45, 7) is 8.43. The van der Waals surface area contributed by atoms with Crippen molar-refractivity contribution < 1.29 is 19.2 Å². The lowest BCUT2D eigenvalue weighted by Crippen LogP contribution is -2.52. The van der Waals surface area contributed by atoms with Crippen LogP contribution in [0.25, 0.3) is 0 Å². The fourth-order valence-corrected chi connectivity index (χ4v) is 6.09. The molecule has 3 unspecified atom stereocenters. The topological polar surface area (TPSA) is 95.6 Å². The standard InChI is InChI=1S/C28H39N3O4S/c1-4-11-20(5-2)19(3)29-25(32)14-8-6-7-9-17-36-24-13-10-12-21-22(24)18-31(28(21)35)23-15-16-26(33)30-27(23)34/h4,10,12-13,19-20,23H,1,5-9,11,14-18H2,2-3H3,(H,29,32)(H,30,33,34). The number of benzene rings is 1. The van der Waals surface area contributed by atoms with E-state index in [4.69, 9.17) is 0 Å². The van der Waals surface area contributed by atoms with E-state index in [0.717, 1.165) is 54.7 Å². The van der Waals surface area contributed by atoms with Crippen LogP contribution in [-0.2, 0) is 20.9 Å². The molecule has 2 heterocycles. The molecule has 7 nitrogen and oxygen atoms in total. The smallest absolute Gasteiger partial charge is 0.255 e. The summed E-state index contributed by atoms with van der Waals surface area (Å²) in [4.78, 5) is 51.6. The molecule has 1 fully saturated rings. The van der Waals surface area contributed by atoms with Crippen LogP contribution in [-0.4, -0.2) is 46.4 Å². The van der Waals surface area contributed by atoms with E-state index < -0.39 is 6.04 Å². The van der Waals surface area contributed by atoms with E-state index in [-0.39, 0.29) is 36.1 Å². The zero-order chi connectivity index (χ0) is 26.1. The molecule has 2 aliphatic heterocycles. The highest BCUT2D eigenvalue weighted by Crippen LogP contribution is 2.34. The number of nitrogens with one attached hydrogen (secondary N) is 2. The van der Waals surface area contributed by atoms with E-state index in [9.17, 15) is 19.2 Å². The molecule has 3 atom stereocenters. The van der Waals surface area contributed by atoms with Gasteiger partial charge in [0.2, 0.25) is 17.7 Å². The monoisotopic (exact) mass is 513 g/mol. The number of piperidine rings is 1. The SMILES string of the molecule is C=CCC(CC)C(C)NC(=O)CCCCCCSc1cccc2c1CN(C1CCC(=O)NC1=O)C2=O. The lowest BCUT2D eigenvalue weighted by molar-refractivity contribution is -0.137. The van der Waals surface area contributed by atoms with Crippen molar-refractivity contribution >= 4 is 35.4 Å². The van der Waals surface area contributed by atoms with Crippen molar-refractivity contribution in [2.45, 2.75) is 95.2 Å². The molecule has 0 aliphatic carbocycles. The van der Waals surface area contributed by atoms with E-state index in [2.05, 4.69) is 31.1 Å². The van der Waals surface area contributed by atoms with Crippen LogP contribution in [0.5, 0.6) is 0 Å². The second-order valence-corrected chi connectivity index (χ2v) is 10.9. The van der Waals surface area contributed by atoms with Gasteiger partial charge in [-0.3, -0.25) is 24.5 Å². The molecule has 1 aromatic carbocycles. The molecule has 1 aromatic rings. The zero-order valence-corrected chi connectivity index (χ0v) is 22.3. The summed E-state index contributed by atoms with van der Waals surface area (Å²) >= 11 is 1.74. The van der Waals surface area contributed by atoms with Crippen LogP contribution in [0.15, 0.2) is 35.7 Å². The number of hydrogen-bond donors (Lipinski definition) is 2. The molecule has 196 valence electrons. The molecule has 36 heavy (non-hydrogen) atoms. The summed E-state index contributed by atoms with van der Waals surface area (Å²) in [7, 11) is 0. The summed E-state index contributed by atoms with van der Waals surface area (Å²) < 4.78 is 0. The number of fused-ring (bicyclic) bond motifs is 1. The van der Waals surface area contributed by atoms with Crippen LogP contribution in [0.2, 0.25) is 0 Å². The second kappa shape index (κ2) is 13.6. The first kappa shape index (κ1) is 28.0. The van der Waals surface area contributed by atoms with Gasteiger partial charge in [0.05, 0.1) is 0 Å². The maximum atomic E-state index is 12.9. The van der Waals surface area contributed by atoms with Crippen molar-refractivity contribution in [3.63, 3.8) is 0 Å². The number of hydrogen-bond acceptors (Lipinski definition) is 5. The van der Waals surface area contributed by atoms with Gasteiger partial charge in [-0.25, -0.2) is 0 Å². The highest BCUT2D eigenvalue weighted by molar-refractivity contribution is 7.99. The number of carbonyl (C=O) groups is 4. The Hall–Kier alpha value is -2.61. The van der Waals surface area contributed by atoms with Crippen LogP contribution in [0.3, 0.4) is 0 Å².